The molecular weight excluding hydrogens is 170 g/mol. The van der Waals surface area contributed by atoms with Crippen LogP contribution in [0.3, 0.4) is 0 Å². The van der Waals surface area contributed by atoms with Crippen LogP contribution in [-0.2, 0) is 0 Å². The molecule has 1 nitrogen and oxygen atoms in total. The van der Waals surface area contributed by atoms with Crippen LogP contribution in [0.1, 0.15) is 52.4 Å². The van der Waals surface area contributed by atoms with Crippen LogP contribution in [0.25, 0.3) is 0 Å². The number of unbranched alkanes of at least 4 members (excludes halogenated alkanes) is 3. The lowest BCUT2D eigenvalue weighted by molar-refractivity contribution is 0.313. The number of rotatable bonds is 4. The molecule has 0 aromatic carbocycles. The number of nitrogens with zero attached hydrogens (tertiary/aromatic N) is 1. The standard InChI is InChI=1S/C13H23N/c1-3-5-6-7-8-10-13-11-9-12-14(13)4-2/h13H,3-7,9,11-12H2,1-2H3. The van der Waals surface area contributed by atoms with Crippen LogP contribution in [0.2, 0.25) is 0 Å². The molecule has 1 saturated heterocycles. The molecular formula is C13H23N. The molecule has 1 heteroatoms. The van der Waals surface area contributed by atoms with E-state index in [2.05, 4.69) is 30.6 Å². The fourth-order valence-corrected chi connectivity index (χ4v) is 2.02. The van der Waals surface area contributed by atoms with Gasteiger partial charge >= 0.3 is 0 Å². The molecule has 0 saturated carbocycles. The van der Waals surface area contributed by atoms with Gasteiger partial charge in [-0.05, 0) is 32.4 Å². The van der Waals surface area contributed by atoms with Crippen LogP contribution in [-0.4, -0.2) is 24.0 Å². The van der Waals surface area contributed by atoms with E-state index in [9.17, 15) is 0 Å². The molecule has 0 spiro atoms. The highest BCUT2D eigenvalue weighted by atomic mass is 15.2. The van der Waals surface area contributed by atoms with Gasteiger partial charge < -0.3 is 0 Å². The molecule has 0 aromatic heterocycles. The molecule has 1 aliphatic heterocycles. The van der Waals surface area contributed by atoms with Gasteiger partial charge in [0.05, 0.1) is 6.04 Å². The van der Waals surface area contributed by atoms with Crippen molar-refractivity contribution in [2.75, 3.05) is 13.1 Å². The largest absolute Gasteiger partial charge is 0.290 e. The van der Waals surface area contributed by atoms with Crippen molar-refractivity contribution in [3.63, 3.8) is 0 Å². The molecule has 0 aliphatic carbocycles. The lowest BCUT2D eigenvalue weighted by Gasteiger charge is -2.16. The molecule has 14 heavy (non-hydrogen) atoms. The summed E-state index contributed by atoms with van der Waals surface area (Å²) in [5, 5.41) is 0. The molecule has 0 radical (unpaired) electrons. The van der Waals surface area contributed by atoms with Crippen molar-refractivity contribution in [3.8, 4) is 11.8 Å². The Balaban J connectivity index is 2.20. The van der Waals surface area contributed by atoms with Gasteiger partial charge in [-0.2, -0.15) is 0 Å². The van der Waals surface area contributed by atoms with Crippen molar-refractivity contribution in [2.24, 2.45) is 0 Å². The predicted octanol–water partition coefficient (Wildman–Crippen LogP) is 3.05. The summed E-state index contributed by atoms with van der Waals surface area (Å²) < 4.78 is 0. The molecule has 0 amide bonds. The summed E-state index contributed by atoms with van der Waals surface area (Å²) in [5.41, 5.74) is 0. The van der Waals surface area contributed by atoms with Crippen molar-refractivity contribution in [1.82, 2.24) is 4.90 Å². The smallest absolute Gasteiger partial charge is 0.0714 e. The van der Waals surface area contributed by atoms with E-state index in [-0.39, 0.29) is 0 Å². The summed E-state index contributed by atoms with van der Waals surface area (Å²) in [5.74, 6) is 6.75. The second-order valence-electron chi connectivity index (χ2n) is 4.06. The molecule has 1 rings (SSSR count). The van der Waals surface area contributed by atoms with Gasteiger partial charge in [0.1, 0.15) is 0 Å². The quantitative estimate of drug-likeness (QED) is 0.490. The topological polar surface area (TPSA) is 3.24 Å². The van der Waals surface area contributed by atoms with E-state index in [1.54, 1.807) is 0 Å². The Morgan fingerprint density at radius 3 is 2.86 bits per heavy atom. The van der Waals surface area contributed by atoms with Gasteiger partial charge in [0, 0.05) is 6.42 Å². The maximum Gasteiger partial charge on any atom is 0.0714 e. The van der Waals surface area contributed by atoms with Crippen LogP contribution in [0, 0.1) is 11.8 Å². The third kappa shape index (κ3) is 3.72. The van der Waals surface area contributed by atoms with Gasteiger partial charge in [0.25, 0.3) is 0 Å². The Kier molecular flexibility index (Phi) is 5.71. The van der Waals surface area contributed by atoms with E-state index < -0.39 is 0 Å². The molecule has 0 N–H and O–H groups in total. The van der Waals surface area contributed by atoms with Crippen LogP contribution in [0.4, 0.5) is 0 Å². The second-order valence-corrected chi connectivity index (χ2v) is 4.06. The molecule has 0 aromatic rings. The molecule has 1 fully saturated rings. The number of likely N-dealkylation sites (tertiary alicyclic amines) is 1. The highest BCUT2D eigenvalue weighted by molar-refractivity contribution is 5.09. The van der Waals surface area contributed by atoms with Crippen molar-refractivity contribution < 1.29 is 0 Å². The van der Waals surface area contributed by atoms with Crippen molar-refractivity contribution >= 4 is 0 Å². The summed E-state index contributed by atoms with van der Waals surface area (Å²) in [7, 11) is 0. The van der Waals surface area contributed by atoms with Crippen LogP contribution < -0.4 is 0 Å². The summed E-state index contributed by atoms with van der Waals surface area (Å²) >= 11 is 0. The van der Waals surface area contributed by atoms with Gasteiger partial charge in [-0.1, -0.05) is 32.6 Å². The maximum absolute atomic E-state index is 3.42. The van der Waals surface area contributed by atoms with E-state index in [1.807, 2.05) is 0 Å². The second kappa shape index (κ2) is 6.90. The Bertz CT molecular complexity index is 199. The molecule has 1 aliphatic rings. The minimum atomic E-state index is 0.571. The third-order valence-electron chi connectivity index (χ3n) is 2.94. The fourth-order valence-electron chi connectivity index (χ4n) is 2.02. The summed E-state index contributed by atoms with van der Waals surface area (Å²) in [6, 6.07) is 0.571. The third-order valence-corrected chi connectivity index (χ3v) is 2.94. The van der Waals surface area contributed by atoms with E-state index >= 15 is 0 Å². The zero-order valence-electron chi connectivity index (χ0n) is 9.68. The highest BCUT2D eigenvalue weighted by Gasteiger charge is 2.20. The van der Waals surface area contributed by atoms with Crippen LogP contribution >= 0.6 is 0 Å². The van der Waals surface area contributed by atoms with E-state index in [0.29, 0.717) is 6.04 Å². The van der Waals surface area contributed by atoms with Gasteiger partial charge in [0.15, 0.2) is 0 Å². The summed E-state index contributed by atoms with van der Waals surface area (Å²) in [4.78, 5) is 2.49. The van der Waals surface area contributed by atoms with Gasteiger partial charge in [-0.25, -0.2) is 0 Å². The molecule has 1 heterocycles. The maximum atomic E-state index is 3.42. The first-order valence-corrected chi connectivity index (χ1v) is 6.11. The van der Waals surface area contributed by atoms with Gasteiger partial charge in [-0.15, -0.1) is 5.92 Å². The van der Waals surface area contributed by atoms with E-state index in [1.165, 1.54) is 38.6 Å². The Hall–Kier alpha value is -0.480. The summed E-state index contributed by atoms with van der Waals surface area (Å²) in [6.07, 6.45) is 7.63. The predicted molar refractivity (Wildman–Crippen MR) is 62.2 cm³/mol. The molecule has 1 atom stereocenters. The van der Waals surface area contributed by atoms with E-state index in [4.69, 9.17) is 0 Å². The van der Waals surface area contributed by atoms with Crippen molar-refractivity contribution in [2.45, 2.75) is 58.4 Å². The lowest BCUT2D eigenvalue weighted by Crippen LogP contribution is -2.27. The minimum absolute atomic E-state index is 0.571. The average molecular weight is 193 g/mol. The first-order valence-electron chi connectivity index (χ1n) is 6.11. The zero-order chi connectivity index (χ0) is 10.2. The van der Waals surface area contributed by atoms with E-state index in [0.717, 1.165) is 13.0 Å². The van der Waals surface area contributed by atoms with Gasteiger partial charge in [-0.3, -0.25) is 4.90 Å². The SMILES string of the molecule is CCCCCC#CC1CCCN1CC. The van der Waals surface area contributed by atoms with Crippen molar-refractivity contribution in [3.05, 3.63) is 0 Å². The Labute approximate surface area is 88.9 Å². The van der Waals surface area contributed by atoms with Crippen LogP contribution in [0.5, 0.6) is 0 Å². The Morgan fingerprint density at radius 2 is 2.14 bits per heavy atom. The zero-order valence-corrected chi connectivity index (χ0v) is 9.68. The normalized spacial score (nSPS) is 22.0. The monoisotopic (exact) mass is 193 g/mol. The van der Waals surface area contributed by atoms with Crippen LogP contribution in [0.15, 0.2) is 0 Å². The summed E-state index contributed by atoms with van der Waals surface area (Å²) in [6.45, 7) is 6.89. The molecule has 1 unspecified atom stereocenters. The highest BCUT2D eigenvalue weighted by Crippen LogP contribution is 2.15. The average Bonchev–Trinajstić information content (AvgIpc) is 2.65. The number of hydrogen-bond donors (Lipinski definition) is 0. The molecule has 0 bridgehead atoms. The first kappa shape index (κ1) is 11.6. The molecule has 80 valence electrons. The fraction of sp³-hybridized carbons (Fsp3) is 0.846. The van der Waals surface area contributed by atoms with Gasteiger partial charge in [0.2, 0.25) is 0 Å². The minimum Gasteiger partial charge on any atom is -0.290 e. The Morgan fingerprint density at radius 1 is 1.29 bits per heavy atom. The number of hydrogen-bond acceptors (Lipinski definition) is 1. The first-order chi connectivity index (χ1) is 6.88. The lowest BCUT2D eigenvalue weighted by atomic mass is 10.2. The van der Waals surface area contributed by atoms with Crippen molar-refractivity contribution in [1.29, 1.82) is 0 Å².